The minimum atomic E-state index is -0.856. The maximum absolute atomic E-state index is 12.2. The SMILES string of the molecule is C1CCOC1.CC(=O)N1CCCC1CO.CC(=O)N1CCCC1CO.CCC1CCCN1C(C)=O.CCOC(C)=O.COc1ccc(C(Cl)(c2ccccc2)c2ccc(OC)cc2)cc1.COc1ccc(C(OCC2CCCN2C(C)=O)(c2ccccc2)c2ccc(OC)cc2)cc1.OCC1CCC=[NH+]1. The summed E-state index contributed by atoms with van der Waals surface area (Å²) in [5.74, 6) is 3.47. The number of ether oxygens (including phenoxy) is 7. The lowest BCUT2D eigenvalue weighted by molar-refractivity contribution is -0.492. The first-order valence-electron chi connectivity index (χ1n) is 37.0. The van der Waals surface area contributed by atoms with Gasteiger partial charge < -0.3 is 68.1 Å². The number of benzene rings is 6. The highest BCUT2D eigenvalue weighted by atomic mass is 35.5. The van der Waals surface area contributed by atoms with Crippen molar-refractivity contribution < 1.29 is 77.4 Å². The van der Waals surface area contributed by atoms with Crippen LogP contribution in [-0.2, 0) is 48.7 Å². The van der Waals surface area contributed by atoms with Gasteiger partial charge in [-0.3, -0.25) is 24.0 Å². The number of hydrogen-bond donors (Lipinski definition) is 4. The van der Waals surface area contributed by atoms with Crippen LogP contribution in [0.3, 0.4) is 0 Å². The average Bonchev–Trinajstić information content (AvgIpc) is 1.45. The summed E-state index contributed by atoms with van der Waals surface area (Å²) in [6.07, 6.45) is 16.2. The van der Waals surface area contributed by atoms with Crippen LogP contribution < -0.4 is 23.9 Å². The molecule has 0 radical (unpaired) electrons. The molecule has 5 fully saturated rings. The van der Waals surface area contributed by atoms with Crippen molar-refractivity contribution in [2.45, 2.75) is 173 Å². The molecule has 4 N–H and O–H groups in total. The molecule has 0 aromatic heterocycles. The zero-order valence-electron chi connectivity index (χ0n) is 63.9. The molecule has 0 saturated carbocycles. The molecule has 0 bridgehead atoms. The Balaban J connectivity index is 0.000000238. The van der Waals surface area contributed by atoms with Crippen molar-refractivity contribution in [1.82, 2.24) is 19.6 Å². The second kappa shape index (κ2) is 47.2. The number of alkyl halides is 1. The van der Waals surface area contributed by atoms with Crippen molar-refractivity contribution in [2.75, 3.05) is 101 Å². The summed E-state index contributed by atoms with van der Waals surface area (Å²) in [5, 5.41) is 26.1. The Bertz CT molecular complexity index is 3300. The van der Waals surface area contributed by atoms with Crippen LogP contribution in [0.25, 0.3) is 0 Å². The molecule has 4 amide bonds. The molecule has 6 heterocycles. The van der Waals surface area contributed by atoms with E-state index in [-0.39, 0.29) is 67.5 Å². The average molecular weight is 1470 g/mol. The number of halogens is 1. The van der Waals surface area contributed by atoms with E-state index in [4.69, 9.17) is 55.3 Å². The maximum Gasteiger partial charge on any atom is 0.302 e. The van der Waals surface area contributed by atoms with Crippen LogP contribution in [0.4, 0.5) is 0 Å². The van der Waals surface area contributed by atoms with Crippen LogP contribution in [0.5, 0.6) is 23.0 Å². The Morgan fingerprint density at radius 2 is 0.781 bits per heavy atom. The summed E-state index contributed by atoms with van der Waals surface area (Å²) < 4.78 is 37.6. The monoisotopic (exact) mass is 1470 g/mol. The van der Waals surface area contributed by atoms with Crippen LogP contribution in [0.2, 0.25) is 0 Å². The van der Waals surface area contributed by atoms with Gasteiger partial charge in [0.1, 0.15) is 46.3 Å². The van der Waals surface area contributed by atoms with E-state index >= 15 is 0 Å². The molecule has 5 saturated heterocycles. The highest BCUT2D eigenvalue weighted by Gasteiger charge is 2.40. The fraction of sp³-hybridized carbons (Fsp3) is 0.500. The van der Waals surface area contributed by atoms with Crippen LogP contribution in [0.15, 0.2) is 158 Å². The summed E-state index contributed by atoms with van der Waals surface area (Å²) in [5.41, 5.74) is 5.14. The molecular weight excluding hydrogens is 1350 g/mol. The molecule has 6 aliphatic rings. The molecular formula is C84H117ClN5O15+. The standard InChI is InChI=1S/C28H31NO4.C21H19ClO2.C8H15NO.2C7H13NO2.C5H9NO.C4H8O2.C4H8O/c1-21(30)29-19-7-10-25(29)20-33-28(22-8-5-4-6-9-22,23-11-15-26(31-2)16-12-23)24-13-17-27(32-3)18-14-24;1-23-19-12-8-17(9-13-19)21(22,16-6-4-3-5-7-16)18-10-14-20(24-2)15-11-18;1-3-8-5-4-6-9(8)7(2)10;2*1-6(10)8-4-2-3-7(8)5-9;7-4-5-2-1-3-6-5;1-3-6-4(2)5;1-2-4-5-3-1/h4-6,8-9,11-18,25H,7,10,19-20H2,1-3H3;3-15H,1-2H3;8H,3-6H2,1-2H3;2*7,9H,2-5H2,1H3;3,5,7H,1-2,4H2;3H2,1-2H3;1-4H2/p+1. The Hall–Kier alpha value is -8.37. The predicted molar refractivity (Wildman–Crippen MR) is 412 cm³/mol. The first-order chi connectivity index (χ1) is 50.7. The predicted octanol–water partition coefficient (Wildman–Crippen LogP) is 11.3. The number of hydrogen-bond acceptors (Lipinski definition) is 15. The molecule has 574 valence electrons. The van der Waals surface area contributed by atoms with E-state index in [1.54, 1.807) is 72.9 Å². The molecule has 6 aromatic carbocycles. The number of esters is 1. The van der Waals surface area contributed by atoms with Crippen molar-refractivity contribution in [2.24, 2.45) is 0 Å². The lowest BCUT2D eigenvalue weighted by Gasteiger charge is -2.38. The van der Waals surface area contributed by atoms with E-state index < -0.39 is 10.5 Å². The molecule has 6 aliphatic heterocycles. The Morgan fingerprint density at radius 3 is 1.05 bits per heavy atom. The van der Waals surface area contributed by atoms with Crippen molar-refractivity contribution >= 4 is 47.4 Å². The highest BCUT2D eigenvalue weighted by Crippen LogP contribution is 2.45. The molecule has 0 aliphatic carbocycles. The van der Waals surface area contributed by atoms with E-state index in [1.807, 2.05) is 162 Å². The number of aliphatic hydroxyl groups excluding tert-OH is 3. The lowest BCUT2D eigenvalue weighted by Crippen LogP contribution is -2.74. The third kappa shape index (κ3) is 26.9. The quantitative estimate of drug-likeness (QED) is 0.0356. The third-order valence-corrected chi connectivity index (χ3v) is 19.9. The van der Waals surface area contributed by atoms with Crippen molar-refractivity contribution in [3.8, 4) is 23.0 Å². The van der Waals surface area contributed by atoms with Crippen LogP contribution in [0.1, 0.15) is 165 Å². The zero-order chi connectivity index (χ0) is 76.6. The van der Waals surface area contributed by atoms with Gasteiger partial charge in [0.25, 0.3) is 0 Å². The first-order valence-corrected chi connectivity index (χ1v) is 37.3. The number of carbonyl (C=O) groups is 5. The minimum absolute atomic E-state index is 0.0575. The first kappa shape index (κ1) is 87.3. The van der Waals surface area contributed by atoms with Crippen molar-refractivity contribution in [1.29, 1.82) is 0 Å². The number of aliphatic hydroxyl groups is 3. The second-order valence-corrected chi connectivity index (χ2v) is 26.7. The van der Waals surface area contributed by atoms with Gasteiger partial charge in [-0.2, -0.15) is 0 Å². The number of nitrogens with one attached hydrogen (secondary N) is 1. The van der Waals surface area contributed by atoms with Gasteiger partial charge in [-0.1, -0.05) is 116 Å². The highest BCUT2D eigenvalue weighted by molar-refractivity contribution is 6.28. The second-order valence-electron chi connectivity index (χ2n) is 26.2. The zero-order valence-corrected chi connectivity index (χ0v) is 64.6. The van der Waals surface area contributed by atoms with Crippen LogP contribution in [-0.4, -0.2) is 202 Å². The number of nitrogens with zero attached hydrogens (tertiary/aromatic N) is 4. The Kier molecular flexibility index (Phi) is 39.3. The van der Waals surface area contributed by atoms with Gasteiger partial charge in [0.15, 0.2) is 6.04 Å². The van der Waals surface area contributed by atoms with Gasteiger partial charge in [0, 0.05) is 92.9 Å². The minimum Gasteiger partial charge on any atom is -0.497 e. The Morgan fingerprint density at radius 1 is 0.448 bits per heavy atom. The van der Waals surface area contributed by atoms with E-state index in [0.29, 0.717) is 25.3 Å². The summed E-state index contributed by atoms with van der Waals surface area (Å²) in [7, 11) is 6.64. The van der Waals surface area contributed by atoms with Gasteiger partial charge in [-0.25, -0.2) is 4.99 Å². The van der Waals surface area contributed by atoms with Gasteiger partial charge in [-0.15, -0.1) is 11.6 Å². The smallest absolute Gasteiger partial charge is 0.302 e. The van der Waals surface area contributed by atoms with Crippen molar-refractivity contribution in [3.05, 3.63) is 191 Å². The van der Waals surface area contributed by atoms with E-state index in [9.17, 15) is 24.0 Å². The van der Waals surface area contributed by atoms with Gasteiger partial charge >= 0.3 is 5.97 Å². The van der Waals surface area contributed by atoms with Crippen LogP contribution >= 0.6 is 11.6 Å². The van der Waals surface area contributed by atoms with Gasteiger partial charge in [0.05, 0.1) is 73.0 Å². The number of methoxy groups -OCH3 is 4. The largest absolute Gasteiger partial charge is 0.497 e. The van der Waals surface area contributed by atoms with Gasteiger partial charge in [-0.05, 0) is 159 Å². The van der Waals surface area contributed by atoms with E-state index in [0.717, 1.165) is 154 Å². The fourth-order valence-corrected chi connectivity index (χ4v) is 13.9. The normalized spacial score (nSPS) is 18.3. The fourth-order valence-electron chi connectivity index (χ4n) is 13.6. The topological polar surface area (TPSA) is 238 Å². The summed E-state index contributed by atoms with van der Waals surface area (Å²) in [4.78, 5) is 64.2. The number of carbonyl (C=O) groups excluding carboxylic acids is 5. The Labute approximate surface area is 628 Å². The van der Waals surface area contributed by atoms with E-state index in [1.165, 1.54) is 32.6 Å². The van der Waals surface area contributed by atoms with E-state index in [2.05, 4.69) is 28.8 Å². The number of likely N-dealkylation sites (tertiary alicyclic amines) is 4. The van der Waals surface area contributed by atoms with Crippen LogP contribution in [0, 0.1) is 0 Å². The molecule has 21 heteroatoms. The third-order valence-electron chi connectivity index (χ3n) is 19.2. The number of rotatable bonds is 18. The number of amides is 4. The molecule has 5 unspecified atom stereocenters. The molecule has 105 heavy (non-hydrogen) atoms. The molecule has 0 spiro atoms. The summed E-state index contributed by atoms with van der Waals surface area (Å²) in [6, 6.07) is 53.2. The summed E-state index contributed by atoms with van der Waals surface area (Å²) >= 11 is 7.22. The molecule has 5 atom stereocenters. The molecule has 20 nitrogen and oxygen atoms in total. The summed E-state index contributed by atoms with van der Waals surface area (Å²) in [6.45, 7) is 18.5. The maximum atomic E-state index is 12.2. The molecule has 6 aromatic rings. The van der Waals surface area contributed by atoms with Crippen molar-refractivity contribution in [3.63, 3.8) is 0 Å². The lowest BCUT2D eigenvalue weighted by atomic mass is 9.80. The molecule has 12 rings (SSSR count). The van der Waals surface area contributed by atoms with Gasteiger partial charge in [0.2, 0.25) is 23.6 Å².